The van der Waals surface area contributed by atoms with E-state index in [1.807, 2.05) is 25.1 Å². The fourth-order valence-electron chi connectivity index (χ4n) is 2.84. The summed E-state index contributed by atoms with van der Waals surface area (Å²) >= 11 is 5.96. The van der Waals surface area contributed by atoms with Gasteiger partial charge in [0.1, 0.15) is 17.8 Å². The van der Waals surface area contributed by atoms with Crippen molar-refractivity contribution in [3.8, 4) is 11.5 Å². The quantitative estimate of drug-likeness (QED) is 0.461. The first-order valence-electron chi connectivity index (χ1n) is 8.72. The second kappa shape index (κ2) is 7.74. The number of aryl methyl sites for hydroxylation is 1. The smallest absolute Gasteiger partial charge is 0.172 e. The Morgan fingerprint density at radius 1 is 1.18 bits per heavy atom. The molecule has 0 saturated heterocycles. The standard InChI is InChI=1S/C20H16ClN5O2/c1-2-14-4-3-5-15(24-14)7-19(27)18-8-17(11-26-12-23-25-20(18)26)28-16-6-13(21)9-22-10-16/h3-6,8-12H,2,7H2,1H3. The second-order valence-corrected chi connectivity index (χ2v) is 6.60. The lowest BCUT2D eigenvalue weighted by atomic mass is 10.1. The van der Waals surface area contributed by atoms with E-state index in [0.29, 0.717) is 33.4 Å². The average Bonchev–Trinajstić information content (AvgIpc) is 3.16. The number of fused-ring (bicyclic) bond motifs is 1. The van der Waals surface area contributed by atoms with E-state index in [0.717, 1.165) is 12.1 Å². The fraction of sp³-hybridized carbons (Fsp3) is 0.150. The predicted octanol–water partition coefficient (Wildman–Crippen LogP) is 3.95. The third kappa shape index (κ3) is 3.84. The maximum Gasteiger partial charge on any atom is 0.172 e. The van der Waals surface area contributed by atoms with Gasteiger partial charge in [-0.2, -0.15) is 0 Å². The zero-order valence-electron chi connectivity index (χ0n) is 15.0. The summed E-state index contributed by atoms with van der Waals surface area (Å²) in [6.45, 7) is 2.03. The minimum atomic E-state index is -0.117. The van der Waals surface area contributed by atoms with Gasteiger partial charge in [-0.1, -0.05) is 24.6 Å². The Labute approximate surface area is 166 Å². The minimum Gasteiger partial charge on any atom is -0.454 e. The second-order valence-electron chi connectivity index (χ2n) is 6.17. The molecule has 4 aromatic heterocycles. The molecule has 28 heavy (non-hydrogen) atoms. The summed E-state index contributed by atoms with van der Waals surface area (Å²) in [7, 11) is 0. The van der Waals surface area contributed by atoms with Gasteiger partial charge in [-0.3, -0.25) is 19.2 Å². The van der Waals surface area contributed by atoms with Gasteiger partial charge in [0.25, 0.3) is 0 Å². The van der Waals surface area contributed by atoms with Crippen molar-refractivity contribution in [1.82, 2.24) is 24.6 Å². The molecule has 0 aromatic carbocycles. The lowest BCUT2D eigenvalue weighted by Crippen LogP contribution is -2.08. The summed E-state index contributed by atoms with van der Waals surface area (Å²) in [6, 6.07) is 8.99. The summed E-state index contributed by atoms with van der Waals surface area (Å²) < 4.78 is 7.47. The molecule has 4 heterocycles. The molecule has 0 N–H and O–H groups in total. The van der Waals surface area contributed by atoms with Crippen LogP contribution in [0.1, 0.15) is 28.7 Å². The molecule has 140 valence electrons. The number of ketones is 1. The van der Waals surface area contributed by atoms with Crippen LogP contribution in [0.5, 0.6) is 11.5 Å². The summed E-state index contributed by atoms with van der Waals surface area (Å²) in [6.07, 6.45) is 7.26. The minimum absolute atomic E-state index is 0.117. The van der Waals surface area contributed by atoms with Crippen LogP contribution in [0.4, 0.5) is 0 Å². The Bertz CT molecular complexity index is 1160. The Hall–Kier alpha value is -3.32. The van der Waals surface area contributed by atoms with Gasteiger partial charge in [-0.05, 0) is 24.6 Å². The van der Waals surface area contributed by atoms with Gasteiger partial charge >= 0.3 is 0 Å². The number of carbonyl (C=O) groups excluding carboxylic acids is 1. The number of halogens is 1. The number of hydrogen-bond acceptors (Lipinski definition) is 6. The maximum atomic E-state index is 13.0. The lowest BCUT2D eigenvalue weighted by molar-refractivity contribution is 0.0992. The van der Waals surface area contributed by atoms with Crippen molar-refractivity contribution >= 4 is 23.0 Å². The SMILES string of the molecule is CCc1cccc(CC(=O)c2cc(Oc3cncc(Cl)c3)cn3cnnc23)n1. The van der Waals surface area contributed by atoms with E-state index >= 15 is 0 Å². The number of ether oxygens (including phenoxy) is 1. The van der Waals surface area contributed by atoms with Crippen molar-refractivity contribution < 1.29 is 9.53 Å². The van der Waals surface area contributed by atoms with Gasteiger partial charge in [0.2, 0.25) is 0 Å². The normalized spacial score (nSPS) is 10.9. The summed E-state index contributed by atoms with van der Waals surface area (Å²) in [5.41, 5.74) is 2.54. The molecule has 4 aromatic rings. The molecule has 0 radical (unpaired) electrons. The Morgan fingerprint density at radius 2 is 2.04 bits per heavy atom. The van der Waals surface area contributed by atoms with E-state index in [1.165, 1.54) is 12.5 Å². The number of nitrogens with zero attached hydrogens (tertiary/aromatic N) is 5. The molecule has 0 aliphatic rings. The number of aromatic nitrogens is 5. The van der Waals surface area contributed by atoms with Gasteiger partial charge in [0.15, 0.2) is 11.4 Å². The Morgan fingerprint density at radius 3 is 2.86 bits per heavy atom. The molecule has 0 amide bonds. The van der Waals surface area contributed by atoms with Crippen LogP contribution < -0.4 is 4.74 Å². The van der Waals surface area contributed by atoms with Crippen LogP contribution in [0.25, 0.3) is 5.65 Å². The van der Waals surface area contributed by atoms with Crippen molar-refractivity contribution in [2.75, 3.05) is 0 Å². The highest BCUT2D eigenvalue weighted by molar-refractivity contribution is 6.30. The van der Waals surface area contributed by atoms with Crippen molar-refractivity contribution in [2.24, 2.45) is 0 Å². The van der Waals surface area contributed by atoms with Crippen molar-refractivity contribution in [2.45, 2.75) is 19.8 Å². The number of Topliss-reactive ketones (excluding diaryl/α,β-unsaturated/α-hetero) is 1. The number of carbonyl (C=O) groups is 1. The third-order valence-corrected chi connectivity index (χ3v) is 4.36. The van der Waals surface area contributed by atoms with E-state index in [-0.39, 0.29) is 12.2 Å². The first kappa shape index (κ1) is 18.1. The highest BCUT2D eigenvalue weighted by Crippen LogP contribution is 2.26. The van der Waals surface area contributed by atoms with Gasteiger partial charge in [-0.25, -0.2) is 0 Å². The van der Waals surface area contributed by atoms with Crippen LogP contribution in [-0.4, -0.2) is 30.3 Å². The molecular formula is C20H16ClN5O2. The largest absolute Gasteiger partial charge is 0.454 e. The maximum absolute atomic E-state index is 13.0. The number of pyridine rings is 3. The van der Waals surface area contributed by atoms with Gasteiger partial charge in [-0.15, -0.1) is 10.2 Å². The molecule has 0 bridgehead atoms. The molecule has 7 nitrogen and oxygen atoms in total. The van der Waals surface area contributed by atoms with E-state index in [4.69, 9.17) is 16.3 Å². The Kier molecular flexibility index (Phi) is 4.99. The third-order valence-electron chi connectivity index (χ3n) is 4.15. The van der Waals surface area contributed by atoms with E-state index in [1.54, 1.807) is 28.9 Å². The highest BCUT2D eigenvalue weighted by Gasteiger charge is 2.16. The summed E-state index contributed by atoms with van der Waals surface area (Å²) in [4.78, 5) is 21.5. The van der Waals surface area contributed by atoms with Crippen molar-refractivity contribution in [3.63, 3.8) is 0 Å². The number of hydrogen-bond donors (Lipinski definition) is 0. The van der Waals surface area contributed by atoms with E-state index in [2.05, 4.69) is 20.2 Å². The van der Waals surface area contributed by atoms with Crippen LogP contribution in [0, 0.1) is 0 Å². The van der Waals surface area contributed by atoms with Gasteiger partial charge < -0.3 is 4.74 Å². The molecule has 0 unspecified atom stereocenters. The molecule has 0 aliphatic heterocycles. The molecular weight excluding hydrogens is 378 g/mol. The van der Waals surface area contributed by atoms with Crippen molar-refractivity contribution in [3.05, 3.63) is 77.2 Å². The molecule has 0 spiro atoms. The molecule has 0 saturated carbocycles. The number of rotatable bonds is 6. The van der Waals surface area contributed by atoms with Gasteiger partial charge in [0, 0.05) is 23.7 Å². The average molecular weight is 394 g/mol. The Balaban J connectivity index is 1.67. The molecule has 4 rings (SSSR count). The zero-order valence-corrected chi connectivity index (χ0v) is 15.8. The summed E-state index contributed by atoms with van der Waals surface area (Å²) in [5, 5.41) is 8.42. The van der Waals surface area contributed by atoms with Crippen LogP contribution in [-0.2, 0) is 12.8 Å². The van der Waals surface area contributed by atoms with E-state index in [9.17, 15) is 4.79 Å². The predicted molar refractivity (Wildman–Crippen MR) is 104 cm³/mol. The topological polar surface area (TPSA) is 82.3 Å². The fourth-order valence-corrected chi connectivity index (χ4v) is 3.00. The van der Waals surface area contributed by atoms with Crippen LogP contribution in [0.2, 0.25) is 5.02 Å². The van der Waals surface area contributed by atoms with Gasteiger partial charge in [0.05, 0.1) is 29.4 Å². The van der Waals surface area contributed by atoms with E-state index < -0.39 is 0 Å². The first-order chi connectivity index (χ1) is 13.6. The van der Waals surface area contributed by atoms with Crippen molar-refractivity contribution in [1.29, 1.82) is 0 Å². The van der Waals surface area contributed by atoms with Crippen LogP contribution >= 0.6 is 11.6 Å². The van der Waals surface area contributed by atoms with Crippen LogP contribution in [0.3, 0.4) is 0 Å². The lowest BCUT2D eigenvalue weighted by Gasteiger charge is -2.09. The highest BCUT2D eigenvalue weighted by atomic mass is 35.5. The summed E-state index contributed by atoms with van der Waals surface area (Å²) in [5.74, 6) is 0.805. The molecule has 0 atom stereocenters. The zero-order chi connectivity index (χ0) is 19.5. The molecule has 0 fully saturated rings. The first-order valence-corrected chi connectivity index (χ1v) is 9.10. The van der Waals surface area contributed by atoms with Crippen LogP contribution in [0.15, 0.2) is 55.2 Å². The monoisotopic (exact) mass is 393 g/mol. The molecule has 8 heteroatoms. The molecule has 0 aliphatic carbocycles.